The van der Waals surface area contributed by atoms with Crippen molar-refractivity contribution in [2.75, 3.05) is 31.0 Å². The van der Waals surface area contributed by atoms with E-state index in [4.69, 9.17) is 17.4 Å². The predicted octanol–water partition coefficient (Wildman–Crippen LogP) is 1.02. The van der Waals surface area contributed by atoms with Crippen LogP contribution in [-0.4, -0.2) is 53.4 Å². The molecule has 3 N–H and O–H groups in total. The smallest absolute Gasteiger partial charge is 0.242 e. The predicted molar refractivity (Wildman–Crippen MR) is 96.5 cm³/mol. The third-order valence-corrected chi connectivity index (χ3v) is 6.19. The molecule has 1 aromatic heterocycles. The van der Waals surface area contributed by atoms with Gasteiger partial charge in [-0.15, -0.1) is 10.2 Å². The number of anilines is 1. The molecule has 0 bridgehead atoms. The molecule has 12 heteroatoms. The van der Waals surface area contributed by atoms with E-state index < -0.39 is 10.0 Å². The lowest BCUT2D eigenvalue weighted by molar-refractivity contribution is -0.115. The first-order valence-corrected chi connectivity index (χ1v) is 9.82. The summed E-state index contributed by atoms with van der Waals surface area (Å²) in [6.45, 7) is 0. The standard InChI is InChI=1S/C13H17ClN6O3S2/c1-19(2)25(22,23)9-3-4-10(14)11(7-9)17-12(21)5-6-24-13-18-16-8-20(13)15/h3-4,7-8H,5-6,15H2,1-2H3,(H,17,21). The summed E-state index contributed by atoms with van der Waals surface area (Å²) < 4.78 is 26.7. The Bertz CT molecular complexity index is 868. The molecule has 2 rings (SSSR count). The number of sulfonamides is 1. The number of halogens is 1. The number of thioether (sulfide) groups is 1. The number of hydrogen-bond donors (Lipinski definition) is 2. The number of carbonyl (C=O) groups excluding carboxylic acids is 1. The maximum absolute atomic E-state index is 12.2. The van der Waals surface area contributed by atoms with Crippen LogP contribution in [0, 0.1) is 0 Å². The van der Waals surface area contributed by atoms with Crippen molar-refractivity contribution in [2.45, 2.75) is 16.5 Å². The van der Waals surface area contributed by atoms with E-state index in [9.17, 15) is 13.2 Å². The molecular weight excluding hydrogens is 388 g/mol. The number of carbonyl (C=O) groups is 1. The second kappa shape index (κ2) is 8.04. The Morgan fingerprint density at radius 2 is 2.16 bits per heavy atom. The van der Waals surface area contributed by atoms with Gasteiger partial charge in [0.2, 0.25) is 21.1 Å². The molecule has 9 nitrogen and oxygen atoms in total. The van der Waals surface area contributed by atoms with Crippen LogP contribution < -0.4 is 11.2 Å². The number of rotatable bonds is 7. The third kappa shape index (κ3) is 4.84. The fourth-order valence-corrected chi connectivity index (χ4v) is 3.62. The van der Waals surface area contributed by atoms with Crippen molar-refractivity contribution in [1.29, 1.82) is 0 Å². The minimum absolute atomic E-state index is 0.0443. The summed E-state index contributed by atoms with van der Waals surface area (Å²) in [6.07, 6.45) is 1.53. The Balaban J connectivity index is 2.01. The van der Waals surface area contributed by atoms with Crippen LogP contribution in [-0.2, 0) is 14.8 Å². The second-order valence-electron chi connectivity index (χ2n) is 5.10. The van der Waals surface area contributed by atoms with Crippen LogP contribution >= 0.6 is 23.4 Å². The number of nitrogens with two attached hydrogens (primary N) is 1. The Kier molecular flexibility index (Phi) is 6.27. The van der Waals surface area contributed by atoms with Gasteiger partial charge >= 0.3 is 0 Å². The van der Waals surface area contributed by atoms with Crippen LogP contribution in [0.3, 0.4) is 0 Å². The number of hydrogen-bond acceptors (Lipinski definition) is 7. The highest BCUT2D eigenvalue weighted by molar-refractivity contribution is 7.99. The lowest BCUT2D eigenvalue weighted by Crippen LogP contribution is -2.22. The quantitative estimate of drug-likeness (QED) is 0.521. The molecule has 0 aliphatic rings. The average molecular weight is 405 g/mol. The van der Waals surface area contributed by atoms with E-state index in [1.807, 2.05) is 0 Å². The maximum Gasteiger partial charge on any atom is 0.242 e. The highest BCUT2D eigenvalue weighted by Gasteiger charge is 2.19. The molecule has 0 aliphatic heterocycles. The topological polar surface area (TPSA) is 123 Å². The normalized spacial score (nSPS) is 11.7. The molecule has 0 spiro atoms. The summed E-state index contributed by atoms with van der Waals surface area (Å²) in [5, 5.41) is 10.8. The first kappa shape index (κ1) is 19.5. The maximum atomic E-state index is 12.2. The highest BCUT2D eigenvalue weighted by Crippen LogP contribution is 2.26. The molecule has 0 aliphatic carbocycles. The SMILES string of the molecule is CN(C)S(=O)(=O)c1ccc(Cl)c(NC(=O)CCSc2nncn2N)c1. The number of nitrogens with zero attached hydrogens (tertiary/aromatic N) is 4. The molecule has 0 atom stereocenters. The fourth-order valence-electron chi connectivity index (χ4n) is 1.75. The zero-order valence-corrected chi connectivity index (χ0v) is 15.9. The van der Waals surface area contributed by atoms with Crippen LogP contribution in [0.1, 0.15) is 6.42 Å². The molecule has 0 fully saturated rings. The molecule has 0 saturated heterocycles. The van der Waals surface area contributed by atoms with E-state index in [0.29, 0.717) is 10.9 Å². The highest BCUT2D eigenvalue weighted by atomic mass is 35.5. The van der Waals surface area contributed by atoms with Crippen molar-refractivity contribution in [1.82, 2.24) is 19.2 Å². The van der Waals surface area contributed by atoms with Gasteiger partial charge in [-0.05, 0) is 18.2 Å². The van der Waals surface area contributed by atoms with Crippen LogP contribution in [0.4, 0.5) is 5.69 Å². The molecule has 136 valence electrons. The van der Waals surface area contributed by atoms with Gasteiger partial charge in [0.25, 0.3) is 0 Å². The Morgan fingerprint density at radius 3 is 2.76 bits per heavy atom. The molecule has 1 aromatic carbocycles. The zero-order chi connectivity index (χ0) is 18.6. The Morgan fingerprint density at radius 1 is 1.44 bits per heavy atom. The first-order valence-electron chi connectivity index (χ1n) is 7.01. The lowest BCUT2D eigenvalue weighted by atomic mass is 10.3. The van der Waals surface area contributed by atoms with Crippen molar-refractivity contribution >= 4 is 45.0 Å². The van der Waals surface area contributed by atoms with Gasteiger partial charge in [0, 0.05) is 26.3 Å². The molecule has 1 heterocycles. The van der Waals surface area contributed by atoms with E-state index in [1.54, 1.807) is 0 Å². The van der Waals surface area contributed by atoms with Crippen molar-refractivity contribution in [3.05, 3.63) is 29.5 Å². The Labute approximate surface area is 154 Å². The first-order chi connectivity index (χ1) is 11.7. The molecule has 0 radical (unpaired) electrons. The average Bonchev–Trinajstić information content (AvgIpc) is 2.94. The fraction of sp³-hybridized carbons (Fsp3) is 0.308. The number of benzene rings is 1. The molecule has 0 unspecified atom stereocenters. The van der Waals surface area contributed by atoms with Gasteiger partial charge in [-0.1, -0.05) is 23.4 Å². The van der Waals surface area contributed by atoms with Gasteiger partial charge in [0.15, 0.2) is 0 Å². The number of nitrogens with one attached hydrogen (secondary N) is 1. The van der Waals surface area contributed by atoms with Crippen LogP contribution in [0.25, 0.3) is 0 Å². The largest absolute Gasteiger partial charge is 0.336 e. The monoisotopic (exact) mass is 404 g/mol. The summed E-state index contributed by atoms with van der Waals surface area (Å²) in [7, 11) is -0.763. The van der Waals surface area contributed by atoms with E-state index in [0.717, 1.165) is 4.31 Å². The molecule has 0 saturated carbocycles. The van der Waals surface area contributed by atoms with Crippen molar-refractivity contribution < 1.29 is 13.2 Å². The van der Waals surface area contributed by atoms with Gasteiger partial charge < -0.3 is 11.2 Å². The van der Waals surface area contributed by atoms with E-state index >= 15 is 0 Å². The Hall–Kier alpha value is -1.82. The van der Waals surface area contributed by atoms with E-state index in [2.05, 4.69) is 15.5 Å². The summed E-state index contributed by atoms with van der Waals surface area (Å²) in [5.74, 6) is 5.69. The number of amides is 1. The van der Waals surface area contributed by atoms with Gasteiger partial charge in [-0.2, -0.15) is 0 Å². The van der Waals surface area contributed by atoms with E-state index in [-0.39, 0.29) is 27.9 Å². The summed E-state index contributed by atoms with van der Waals surface area (Å²) in [4.78, 5) is 12.1. The van der Waals surface area contributed by atoms with Gasteiger partial charge in [-0.3, -0.25) is 4.79 Å². The van der Waals surface area contributed by atoms with Crippen LogP contribution in [0.5, 0.6) is 0 Å². The summed E-state index contributed by atoms with van der Waals surface area (Å²) in [6, 6.07) is 4.15. The van der Waals surface area contributed by atoms with Crippen LogP contribution in [0.2, 0.25) is 5.02 Å². The van der Waals surface area contributed by atoms with E-state index in [1.165, 1.54) is 55.1 Å². The molecular formula is C13H17ClN6O3S2. The minimum atomic E-state index is -3.62. The van der Waals surface area contributed by atoms with Crippen molar-refractivity contribution in [3.63, 3.8) is 0 Å². The van der Waals surface area contributed by atoms with Crippen LogP contribution in [0.15, 0.2) is 34.6 Å². The number of nitrogen functional groups attached to an aromatic ring is 1. The summed E-state index contributed by atoms with van der Waals surface area (Å²) in [5.41, 5.74) is 0.238. The van der Waals surface area contributed by atoms with Gasteiger partial charge in [0.1, 0.15) is 6.33 Å². The van der Waals surface area contributed by atoms with Crippen molar-refractivity contribution in [3.8, 4) is 0 Å². The molecule has 1 amide bonds. The molecule has 25 heavy (non-hydrogen) atoms. The van der Waals surface area contributed by atoms with Gasteiger partial charge in [-0.25, -0.2) is 17.4 Å². The zero-order valence-electron chi connectivity index (χ0n) is 13.5. The summed E-state index contributed by atoms with van der Waals surface area (Å²) >= 11 is 7.32. The molecule has 2 aromatic rings. The number of aromatic nitrogens is 3. The van der Waals surface area contributed by atoms with Gasteiger partial charge in [0.05, 0.1) is 15.6 Å². The second-order valence-corrected chi connectivity index (χ2v) is 8.72. The third-order valence-electron chi connectivity index (χ3n) is 3.09. The van der Waals surface area contributed by atoms with Crippen molar-refractivity contribution in [2.24, 2.45) is 0 Å². The lowest BCUT2D eigenvalue weighted by Gasteiger charge is -2.13. The minimum Gasteiger partial charge on any atom is -0.336 e.